The normalized spacial score (nSPS) is 13.8. The zero-order valence-electron chi connectivity index (χ0n) is 20.3. The summed E-state index contributed by atoms with van der Waals surface area (Å²) >= 11 is 0. The topological polar surface area (TPSA) is 12.0 Å². The van der Waals surface area contributed by atoms with Crippen molar-refractivity contribution in [2.75, 3.05) is 12.4 Å². The fourth-order valence-electron chi connectivity index (χ4n) is 6.28. The molecule has 6 aromatic rings. The van der Waals surface area contributed by atoms with Crippen LogP contribution in [0.2, 0.25) is 0 Å². The minimum absolute atomic E-state index is 0.0226. The number of hydrogen-bond acceptors (Lipinski definition) is 1. The first-order valence-electron chi connectivity index (χ1n) is 12.4. The highest BCUT2D eigenvalue weighted by atomic mass is 14.8. The van der Waals surface area contributed by atoms with Crippen molar-refractivity contribution in [3.63, 3.8) is 0 Å². The number of benzene rings is 6. The minimum atomic E-state index is 0.0226. The second-order valence-electron chi connectivity index (χ2n) is 10.2. The second-order valence-corrected chi connectivity index (χ2v) is 10.2. The predicted molar refractivity (Wildman–Crippen MR) is 152 cm³/mol. The molecule has 0 saturated heterocycles. The van der Waals surface area contributed by atoms with E-state index in [9.17, 15) is 0 Å². The molecule has 1 N–H and O–H groups in total. The van der Waals surface area contributed by atoms with Gasteiger partial charge >= 0.3 is 0 Å². The van der Waals surface area contributed by atoms with Gasteiger partial charge in [0.15, 0.2) is 0 Å². The van der Waals surface area contributed by atoms with E-state index in [0.29, 0.717) is 0 Å². The molecule has 1 aliphatic carbocycles. The van der Waals surface area contributed by atoms with Crippen LogP contribution in [-0.4, -0.2) is 7.05 Å². The van der Waals surface area contributed by atoms with Gasteiger partial charge in [-0.15, -0.1) is 0 Å². The van der Waals surface area contributed by atoms with Crippen molar-refractivity contribution in [1.82, 2.24) is 0 Å². The van der Waals surface area contributed by atoms with Gasteiger partial charge in [-0.25, -0.2) is 0 Å². The van der Waals surface area contributed by atoms with E-state index in [1.54, 1.807) is 0 Å². The Labute approximate surface area is 206 Å². The molecule has 6 aromatic carbocycles. The fourth-order valence-corrected chi connectivity index (χ4v) is 6.28. The molecule has 1 heteroatoms. The van der Waals surface area contributed by atoms with E-state index in [1.165, 1.54) is 65.7 Å². The van der Waals surface area contributed by atoms with Crippen molar-refractivity contribution in [1.29, 1.82) is 0 Å². The number of fused-ring (bicyclic) bond motifs is 9. The van der Waals surface area contributed by atoms with Crippen LogP contribution in [0.3, 0.4) is 0 Å². The first kappa shape index (κ1) is 20.3. The highest BCUT2D eigenvalue weighted by Crippen LogP contribution is 2.50. The summed E-state index contributed by atoms with van der Waals surface area (Å²) in [7, 11) is 2.03. The van der Waals surface area contributed by atoms with E-state index in [4.69, 9.17) is 0 Å². The third-order valence-corrected chi connectivity index (χ3v) is 8.05. The summed E-state index contributed by atoms with van der Waals surface area (Å²) in [6.07, 6.45) is 0. The average Bonchev–Trinajstić information content (AvgIpc) is 3.14. The number of anilines is 1. The lowest BCUT2D eigenvalue weighted by molar-refractivity contribution is 0.660. The molecule has 1 nitrogen and oxygen atoms in total. The first-order valence-corrected chi connectivity index (χ1v) is 12.4. The third-order valence-electron chi connectivity index (χ3n) is 8.05. The lowest BCUT2D eigenvalue weighted by atomic mass is 9.82. The molecule has 0 bridgehead atoms. The predicted octanol–water partition coefficient (Wildman–Crippen LogP) is 9.16. The molecule has 7 rings (SSSR count). The fraction of sp³-hybridized carbons (Fsp3) is 0.118. The van der Waals surface area contributed by atoms with Gasteiger partial charge in [0.2, 0.25) is 0 Å². The molecule has 1 aliphatic rings. The van der Waals surface area contributed by atoms with Gasteiger partial charge in [0.05, 0.1) is 0 Å². The van der Waals surface area contributed by atoms with Crippen LogP contribution < -0.4 is 5.32 Å². The van der Waals surface area contributed by atoms with Crippen LogP contribution in [0.5, 0.6) is 0 Å². The minimum Gasteiger partial charge on any atom is -0.388 e. The molecule has 0 aromatic heterocycles. The number of hydrogen-bond donors (Lipinski definition) is 1. The van der Waals surface area contributed by atoms with Crippen molar-refractivity contribution < 1.29 is 0 Å². The summed E-state index contributed by atoms with van der Waals surface area (Å²) in [5.74, 6) is 0. The van der Waals surface area contributed by atoms with Gasteiger partial charge in [-0.3, -0.25) is 0 Å². The summed E-state index contributed by atoms with van der Waals surface area (Å²) in [5.41, 5.74) is 9.21. The van der Waals surface area contributed by atoms with E-state index < -0.39 is 0 Å². The number of rotatable bonds is 2. The van der Waals surface area contributed by atoms with Gasteiger partial charge in [0, 0.05) is 23.7 Å². The van der Waals surface area contributed by atoms with Crippen LogP contribution in [0.15, 0.2) is 103 Å². The van der Waals surface area contributed by atoms with Gasteiger partial charge in [-0.1, -0.05) is 98.8 Å². The molecule has 35 heavy (non-hydrogen) atoms. The Morgan fingerprint density at radius 3 is 1.69 bits per heavy atom. The quantitative estimate of drug-likeness (QED) is 0.260. The summed E-state index contributed by atoms with van der Waals surface area (Å²) in [4.78, 5) is 0. The van der Waals surface area contributed by atoms with Crippen LogP contribution in [-0.2, 0) is 5.41 Å². The molecule has 168 valence electrons. The van der Waals surface area contributed by atoms with Crippen molar-refractivity contribution in [2.24, 2.45) is 0 Å². The maximum Gasteiger partial charge on any atom is 0.0423 e. The van der Waals surface area contributed by atoms with E-state index in [2.05, 4.69) is 122 Å². The van der Waals surface area contributed by atoms with E-state index in [1.807, 2.05) is 7.05 Å². The summed E-state index contributed by atoms with van der Waals surface area (Å²) in [6, 6.07) is 38.2. The molecule has 0 amide bonds. The average molecular weight is 450 g/mol. The lowest BCUT2D eigenvalue weighted by Gasteiger charge is -2.21. The Balaban J connectivity index is 1.55. The Hall–Kier alpha value is -4.10. The van der Waals surface area contributed by atoms with Crippen molar-refractivity contribution in [2.45, 2.75) is 19.3 Å². The first-order chi connectivity index (χ1) is 17.1. The highest BCUT2D eigenvalue weighted by molar-refractivity contribution is 6.26. The van der Waals surface area contributed by atoms with Gasteiger partial charge in [0.1, 0.15) is 0 Å². The van der Waals surface area contributed by atoms with Crippen LogP contribution in [0.1, 0.15) is 25.0 Å². The maximum atomic E-state index is 3.50. The van der Waals surface area contributed by atoms with Gasteiger partial charge < -0.3 is 5.32 Å². The summed E-state index contributed by atoms with van der Waals surface area (Å²) < 4.78 is 0. The molecule has 0 fully saturated rings. The van der Waals surface area contributed by atoms with Crippen molar-refractivity contribution >= 4 is 38.0 Å². The summed E-state index contributed by atoms with van der Waals surface area (Å²) in [5, 5.41) is 11.3. The smallest absolute Gasteiger partial charge is 0.0423 e. The van der Waals surface area contributed by atoms with E-state index in [-0.39, 0.29) is 5.41 Å². The molecule has 0 radical (unpaired) electrons. The molecule has 0 aliphatic heterocycles. The third kappa shape index (κ3) is 2.76. The Morgan fingerprint density at radius 2 is 1.03 bits per heavy atom. The molecule has 0 unspecified atom stereocenters. The standard InChI is InChI=1S/C34H27N/c1-34(2)31-15-9-8-14-26(31)30-18-21(16-17-32(30)34)27-19-28-24-12-6-4-10-22(24)23-11-5-7-13-25(23)29(28)20-33(27)35-3/h4-20,35H,1-3H3. The highest BCUT2D eigenvalue weighted by Gasteiger charge is 2.35. The number of nitrogens with one attached hydrogen (secondary N) is 1. The molecular formula is C34H27N. The van der Waals surface area contributed by atoms with Crippen LogP contribution in [0, 0.1) is 0 Å². The Kier molecular flexibility index (Phi) is 4.17. The molecular weight excluding hydrogens is 422 g/mol. The van der Waals surface area contributed by atoms with E-state index in [0.717, 1.165) is 5.69 Å². The largest absolute Gasteiger partial charge is 0.388 e. The van der Waals surface area contributed by atoms with Gasteiger partial charge in [-0.05, 0) is 78.3 Å². The Morgan fingerprint density at radius 1 is 0.486 bits per heavy atom. The van der Waals surface area contributed by atoms with Gasteiger partial charge in [-0.2, -0.15) is 0 Å². The lowest BCUT2D eigenvalue weighted by Crippen LogP contribution is -2.14. The van der Waals surface area contributed by atoms with Crippen LogP contribution in [0.4, 0.5) is 5.69 Å². The molecule has 0 atom stereocenters. The second kappa shape index (κ2) is 7.20. The van der Waals surface area contributed by atoms with E-state index >= 15 is 0 Å². The van der Waals surface area contributed by atoms with Crippen molar-refractivity contribution in [3.05, 3.63) is 114 Å². The Bertz CT molecular complexity index is 1810. The van der Waals surface area contributed by atoms with Gasteiger partial charge in [0.25, 0.3) is 0 Å². The zero-order valence-corrected chi connectivity index (χ0v) is 20.3. The molecule has 0 spiro atoms. The molecule has 0 heterocycles. The van der Waals surface area contributed by atoms with Crippen molar-refractivity contribution in [3.8, 4) is 22.3 Å². The zero-order chi connectivity index (χ0) is 23.7. The summed E-state index contributed by atoms with van der Waals surface area (Å²) in [6.45, 7) is 4.67. The monoisotopic (exact) mass is 449 g/mol. The maximum absolute atomic E-state index is 3.50. The van der Waals surface area contributed by atoms with Crippen LogP contribution in [0.25, 0.3) is 54.6 Å². The molecule has 0 saturated carbocycles. The van der Waals surface area contributed by atoms with Crippen LogP contribution >= 0.6 is 0 Å². The SMILES string of the molecule is CNc1cc2c3ccccc3c3ccccc3c2cc1-c1ccc2c(c1)-c1ccccc1C2(C)C.